The predicted octanol–water partition coefficient (Wildman–Crippen LogP) is 4.10. The molecule has 0 bridgehead atoms. The van der Waals surface area contributed by atoms with Gasteiger partial charge in [0.2, 0.25) is 11.8 Å². The number of aromatic nitrogens is 2. The molecule has 8 heteroatoms. The number of nitrogens with zero attached hydrogens (tertiary/aromatic N) is 2. The third-order valence-electron chi connectivity index (χ3n) is 5.40. The quantitative estimate of drug-likeness (QED) is 0.443. The van der Waals surface area contributed by atoms with Crippen molar-refractivity contribution in [2.24, 2.45) is 5.92 Å². The molecule has 0 aliphatic heterocycles. The first-order valence-corrected chi connectivity index (χ1v) is 11.0. The highest BCUT2D eigenvalue weighted by molar-refractivity contribution is 6.06. The summed E-state index contributed by atoms with van der Waals surface area (Å²) in [7, 11) is 0. The van der Waals surface area contributed by atoms with Crippen LogP contribution in [0.1, 0.15) is 40.2 Å². The molecule has 1 saturated carbocycles. The SMILES string of the molecule is C=CC(=O)Nc1cccc(Cc2ncc(NC(=O)c3cc(NC(=O)C4CC4)ccc3C)cn2)c1. The number of benzene rings is 2. The van der Waals surface area contributed by atoms with Gasteiger partial charge in [-0.05, 0) is 61.2 Å². The largest absolute Gasteiger partial charge is 0.326 e. The second-order valence-electron chi connectivity index (χ2n) is 8.21. The number of amides is 3. The second kappa shape index (κ2) is 10.1. The normalized spacial score (nSPS) is 12.5. The minimum Gasteiger partial charge on any atom is -0.326 e. The molecule has 34 heavy (non-hydrogen) atoms. The van der Waals surface area contributed by atoms with Gasteiger partial charge in [0.05, 0.1) is 18.1 Å². The van der Waals surface area contributed by atoms with Crippen LogP contribution in [-0.2, 0) is 16.0 Å². The fourth-order valence-electron chi connectivity index (χ4n) is 3.38. The fourth-order valence-corrected chi connectivity index (χ4v) is 3.38. The van der Waals surface area contributed by atoms with Crippen LogP contribution in [0.4, 0.5) is 17.1 Å². The molecule has 3 amide bonds. The lowest BCUT2D eigenvalue weighted by Crippen LogP contribution is -2.16. The van der Waals surface area contributed by atoms with Crippen molar-refractivity contribution in [2.45, 2.75) is 26.2 Å². The molecule has 3 aromatic rings. The summed E-state index contributed by atoms with van der Waals surface area (Å²) in [6.07, 6.45) is 6.62. The Kier molecular flexibility index (Phi) is 6.77. The van der Waals surface area contributed by atoms with Gasteiger partial charge in [0.15, 0.2) is 0 Å². The standard InChI is InChI=1S/C26H25N5O3/c1-3-24(32)29-19-6-4-5-17(11-19)12-23-27-14-21(15-28-23)31-26(34)22-13-20(10-7-16(22)2)30-25(33)18-8-9-18/h3-7,10-11,13-15,18H,1,8-9,12H2,2H3,(H,29,32)(H,30,33)(H,31,34). The lowest BCUT2D eigenvalue weighted by molar-refractivity contribution is -0.117. The van der Waals surface area contributed by atoms with Crippen LogP contribution >= 0.6 is 0 Å². The summed E-state index contributed by atoms with van der Waals surface area (Å²) in [5.41, 5.74) is 3.92. The van der Waals surface area contributed by atoms with Crippen molar-refractivity contribution in [3.8, 4) is 0 Å². The van der Waals surface area contributed by atoms with Gasteiger partial charge in [-0.3, -0.25) is 14.4 Å². The summed E-state index contributed by atoms with van der Waals surface area (Å²) in [5.74, 6) is 0.0724. The molecule has 1 fully saturated rings. The summed E-state index contributed by atoms with van der Waals surface area (Å²) in [4.78, 5) is 45.0. The average Bonchev–Trinajstić information content (AvgIpc) is 3.67. The van der Waals surface area contributed by atoms with Gasteiger partial charge in [-0.1, -0.05) is 24.8 Å². The van der Waals surface area contributed by atoms with E-state index in [4.69, 9.17) is 0 Å². The van der Waals surface area contributed by atoms with E-state index in [2.05, 4.69) is 32.5 Å². The van der Waals surface area contributed by atoms with Crippen LogP contribution in [0.2, 0.25) is 0 Å². The monoisotopic (exact) mass is 455 g/mol. The first-order valence-electron chi connectivity index (χ1n) is 11.0. The van der Waals surface area contributed by atoms with Gasteiger partial charge < -0.3 is 16.0 Å². The Balaban J connectivity index is 1.39. The van der Waals surface area contributed by atoms with Crippen molar-refractivity contribution in [3.05, 3.63) is 90.0 Å². The van der Waals surface area contributed by atoms with Gasteiger partial charge in [0, 0.05) is 29.3 Å². The number of hydrogen-bond donors (Lipinski definition) is 3. The van der Waals surface area contributed by atoms with Gasteiger partial charge in [-0.25, -0.2) is 9.97 Å². The molecular weight excluding hydrogens is 430 g/mol. The van der Waals surface area contributed by atoms with Crippen molar-refractivity contribution in [1.29, 1.82) is 0 Å². The minimum absolute atomic E-state index is 0.00665. The third kappa shape index (κ3) is 5.92. The van der Waals surface area contributed by atoms with Gasteiger partial charge in [0.25, 0.3) is 5.91 Å². The summed E-state index contributed by atoms with van der Waals surface area (Å²) in [6.45, 7) is 5.28. The lowest BCUT2D eigenvalue weighted by Gasteiger charge is -2.11. The number of anilines is 3. The molecule has 0 atom stereocenters. The Bertz CT molecular complexity index is 1250. The van der Waals surface area contributed by atoms with E-state index in [1.54, 1.807) is 30.6 Å². The predicted molar refractivity (Wildman–Crippen MR) is 131 cm³/mol. The number of rotatable bonds is 8. The summed E-state index contributed by atoms with van der Waals surface area (Å²) < 4.78 is 0. The van der Waals surface area contributed by atoms with E-state index in [1.165, 1.54) is 6.08 Å². The number of carbonyl (C=O) groups excluding carboxylic acids is 3. The number of aryl methyl sites for hydroxylation is 1. The fraction of sp³-hybridized carbons (Fsp3) is 0.192. The van der Waals surface area contributed by atoms with Crippen LogP contribution in [0.5, 0.6) is 0 Å². The average molecular weight is 456 g/mol. The summed E-state index contributed by atoms with van der Waals surface area (Å²) >= 11 is 0. The molecule has 1 aromatic heterocycles. The first-order chi connectivity index (χ1) is 16.4. The van der Waals surface area contributed by atoms with E-state index < -0.39 is 0 Å². The molecule has 3 N–H and O–H groups in total. The number of carbonyl (C=O) groups is 3. The Morgan fingerprint density at radius 2 is 1.71 bits per heavy atom. The van der Waals surface area contributed by atoms with Gasteiger partial charge >= 0.3 is 0 Å². The van der Waals surface area contributed by atoms with Crippen molar-refractivity contribution >= 4 is 34.8 Å². The zero-order valence-electron chi connectivity index (χ0n) is 18.8. The van der Waals surface area contributed by atoms with E-state index in [-0.39, 0.29) is 23.6 Å². The van der Waals surface area contributed by atoms with Crippen LogP contribution in [0.25, 0.3) is 0 Å². The zero-order valence-corrected chi connectivity index (χ0v) is 18.8. The van der Waals surface area contributed by atoms with Crippen LogP contribution in [-0.4, -0.2) is 27.7 Å². The van der Waals surface area contributed by atoms with Gasteiger partial charge in [-0.15, -0.1) is 0 Å². The highest BCUT2D eigenvalue weighted by Gasteiger charge is 2.29. The number of hydrogen-bond acceptors (Lipinski definition) is 5. The summed E-state index contributed by atoms with van der Waals surface area (Å²) in [6, 6.07) is 12.7. The summed E-state index contributed by atoms with van der Waals surface area (Å²) in [5, 5.41) is 8.40. The molecule has 0 unspecified atom stereocenters. The van der Waals surface area contributed by atoms with E-state index >= 15 is 0 Å². The number of nitrogens with one attached hydrogen (secondary N) is 3. The Morgan fingerprint density at radius 1 is 0.971 bits per heavy atom. The molecule has 0 radical (unpaired) electrons. The van der Waals surface area contributed by atoms with Crippen LogP contribution in [0.3, 0.4) is 0 Å². The highest BCUT2D eigenvalue weighted by Crippen LogP contribution is 2.30. The molecule has 2 aromatic carbocycles. The van der Waals surface area contributed by atoms with Crippen molar-refractivity contribution in [2.75, 3.05) is 16.0 Å². The smallest absolute Gasteiger partial charge is 0.256 e. The lowest BCUT2D eigenvalue weighted by atomic mass is 10.1. The maximum Gasteiger partial charge on any atom is 0.256 e. The van der Waals surface area contributed by atoms with E-state index in [0.717, 1.165) is 24.0 Å². The maximum absolute atomic E-state index is 12.8. The highest BCUT2D eigenvalue weighted by atomic mass is 16.2. The first kappa shape index (κ1) is 22.8. The molecule has 0 saturated heterocycles. The van der Waals surface area contributed by atoms with Crippen LogP contribution in [0, 0.1) is 12.8 Å². The van der Waals surface area contributed by atoms with Crippen molar-refractivity contribution in [1.82, 2.24) is 9.97 Å². The van der Waals surface area contributed by atoms with Gasteiger partial charge in [0.1, 0.15) is 5.82 Å². The minimum atomic E-state index is -0.304. The van der Waals surface area contributed by atoms with E-state index in [9.17, 15) is 14.4 Å². The molecule has 1 aliphatic carbocycles. The molecule has 8 nitrogen and oxygen atoms in total. The second-order valence-corrected chi connectivity index (χ2v) is 8.21. The van der Waals surface area contributed by atoms with Crippen molar-refractivity contribution in [3.63, 3.8) is 0 Å². The van der Waals surface area contributed by atoms with Crippen molar-refractivity contribution < 1.29 is 14.4 Å². The molecular formula is C26H25N5O3. The maximum atomic E-state index is 12.8. The van der Waals surface area contributed by atoms with Crippen LogP contribution in [0.15, 0.2) is 67.5 Å². The molecule has 4 rings (SSSR count). The molecule has 1 aliphatic rings. The molecule has 1 heterocycles. The molecule has 172 valence electrons. The Labute approximate surface area is 197 Å². The third-order valence-corrected chi connectivity index (χ3v) is 5.40. The zero-order chi connectivity index (χ0) is 24.1. The Hall–Kier alpha value is -4.33. The molecule has 0 spiro atoms. The van der Waals surface area contributed by atoms with Crippen LogP contribution < -0.4 is 16.0 Å². The van der Waals surface area contributed by atoms with Gasteiger partial charge in [-0.2, -0.15) is 0 Å². The van der Waals surface area contributed by atoms with E-state index in [0.29, 0.717) is 34.9 Å². The van der Waals surface area contributed by atoms with E-state index in [1.807, 2.05) is 31.2 Å². The Morgan fingerprint density at radius 3 is 2.41 bits per heavy atom. The topological polar surface area (TPSA) is 113 Å².